The van der Waals surface area contributed by atoms with E-state index in [1.54, 1.807) is 17.0 Å². The molecular weight excluding hydrogens is 248 g/mol. The van der Waals surface area contributed by atoms with Gasteiger partial charge in [-0.2, -0.15) is 5.26 Å². The van der Waals surface area contributed by atoms with E-state index in [0.717, 1.165) is 5.56 Å². The highest BCUT2D eigenvalue weighted by molar-refractivity contribution is 6.33. The lowest BCUT2D eigenvalue weighted by atomic mass is 10.1. The lowest BCUT2D eigenvalue weighted by Gasteiger charge is -2.26. The first kappa shape index (κ1) is 14.5. The van der Waals surface area contributed by atoms with Gasteiger partial charge in [0.1, 0.15) is 0 Å². The summed E-state index contributed by atoms with van der Waals surface area (Å²) < 4.78 is 0. The van der Waals surface area contributed by atoms with Crippen molar-refractivity contribution < 1.29 is 4.79 Å². The molecule has 1 aromatic rings. The van der Waals surface area contributed by atoms with E-state index in [-0.39, 0.29) is 11.9 Å². The molecule has 1 rings (SSSR count). The number of benzene rings is 1. The van der Waals surface area contributed by atoms with Crippen LogP contribution in [0.3, 0.4) is 0 Å². The second-order valence-electron chi connectivity index (χ2n) is 4.48. The summed E-state index contributed by atoms with van der Waals surface area (Å²) in [6.45, 7) is 6.21. The van der Waals surface area contributed by atoms with Crippen molar-refractivity contribution in [3.8, 4) is 6.07 Å². The van der Waals surface area contributed by atoms with Gasteiger partial charge in [0.25, 0.3) is 5.91 Å². The van der Waals surface area contributed by atoms with E-state index in [4.69, 9.17) is 16.9 Å². The number of halogens is 1. The topological polar surface area (TPSA) is 44.1 Å². The summed E-state index contributed by atoms with van der Waals surface area (Å²) in [5.74, 6) is -0.120. The molecule has 3 nitrogen and oxygen atoms in total. The Morgan fingerprint density at radius 1 is 1.50 bits per heavy atom. The smallest absolute Gasteiger partial charge is 0.255 e. The van der Waals surface area contributed by atoms with Crippen molar-refractivity contribution in [3.05, 3.63) is 34.3 Å². The summed E-state index contributed by atoms with van der Waals surface area (Å²) in [4.78, 5) is 14.0. The Kier molecular flexibility index (Phi) is 5.18. The van der Waals surface area contributed by atoms with Gasteiger partial charge in [0.2, 0.25) is 0 Å². The zero-order valence-corrected chi connectivity index (χ0v) is 11.7. The molecule has 0 radical (unpaired) electrons. The first-order chi connectivity index (χ1) is 8.47. The molecule has 0 aliphatic carbocycles. The minimum atomic E-state index is -0.120. The van der Waals surface area contributed by atoms with Crippen molar-refractivity contribution >= 4 is 17.5 Å². The maximum absolute atomic E-state index is 12.4. The molecule has 0 aliphatic rings. The van der Waals surface area contributed by atoms with Crippen molar-refractivity contribution in [2.45, 2.75) is 33.2 Å². The van der Waals surface area contributed by atoms with Crippen LogP contribution in [0, 0.1) is 18.3 Å². The van der Waals surface area contributed by atoms with E-state index < -0.39 is 0 Å². The van der Waals surface area contributed by atoms with Crippen LogP contribution in [0.1, 0.15) is 36.2 Å². The zero-order valence-electron chi connectivity index (χ0n) is 10.9. The van der Waals surface area contributed by atoms with Gasteiger partial charge in [-0.3, -0.25) is 4.79 Å². The van der Waals surface area contributed by atoms with E-state index in [1.807, 2.05) is 26.8 Å². The van der Waals surface area contributed by atoms with E-state index in [9.17, 15) is 4.79 Å². The minimum absolute atomic E-state index is 0.0446. The molecule has 0 aliphatic heterocycles. The Bertz CT molecular complexity index is 477. The molecule has 0 fully saturated rings. The number of nitriles is 1. The minimum Gasteiger partial charge on any atom is -0.335 e. The third-order valence-corrected chi connectivity index (χ3v) is 3.02. The first-order valence-electron chi connectivity index (χ1n) is 5.91. The van der Waals surface area contributed by atoms with Crippen LogP contribution < -0.4 is 0 Å². The monoisotopic (exact) mass is 264 g/mol. The predicted molar refractivity (Wildman–Crippen MR) is 72.6 cm³/mol. The van der Waals surface area contributed by atoms with Crippen LogP contribution in [0.5, 0.6) is 0 Å². The lowest BCUT2D eigenvalue weighted by molar-refractivity contribution is 0.0710. The standard InChI is InChI=1S/C14H17ClN2O/c1-10(2)17(8-4-7-16)14(18)12-6-5-11(3)9-13(12)15/h5-6,9-10H,4,8H2,1-3H3. The quantitative estimate of drug-likeness (QED) is 0.836. The van der Waals surface area contributed by atoms with Gasteiger partial charge >= 0.3 is 0 Å². The highest BCUT2D eigenvalue weighted by Gasteiger charge is 2.20. The molecule has 1 aromatic carbocycles. The van der Waals surface area contributed by atoms with Crippen molar-refractivity contribution in [3.63, 3.8) is 0 Å². The zero-order chi connectivity index (χ0) is 13.7. The molecule has 0 unspecified atom stereocenters. The summed E-state index contributed by atoms with van der Waals surface area (Å²) in [5, 5.41) is 9.09. The van der Waals surface area contributed by atoms with E-state index in [0.29, 0.717) is 23.6 Å². The van der Waals surface area contributed by atoms with E-state index in [1.165, 1.54) is 0 Å². The van der Waals surface area contributed by atoms with Gasteiger partial charge in [-0.1, -0.05) is 17.7 Å². The molecular formula is C14H17ClN2O. The fourth-order valence-corrected chi connectivity index (χ4v) is 2.03. The highest BCUT2D eigenvalue weighted by atomic mass is 35.5. The number of amides is 1. The van der Waals surface area contributed by atoms with Crippen molar-refractivity contribution in [1.82, 2.24) is 4.90 Å². The van der Waals surface area contributed by atoms with E-state index in [2.05, 4.69) is 6.07 Å². The second-order valence-corrected chi connectivity index (χ2v) is 4.89. The normalized spacial score (nSPS) is 10.2. The third kappa shape index (κ3) is 3.48. The van der Waals surface area contributed by atoms with Crippen molar-refractivity contribution in [1.29, 1.82) is 5.26 Å². The van der Waals surface area contributed by atoms with Crippen LogP contribution in [0.25, 0.3) is 0 Å². The molecule has 96 valence electrons. The summed E-state index contributed by atoms with van der Waals surface area (Å²) in [6.07, 6.45) is 0.327. The van der Waals surface area contributed by atoms with Crippen LogP contribution in [0.15, 0.2) is 18.2 Å². The maximum atomic E-state index is 12.4. The average molecular weight is 265 g/mol. The van der Waals surface area contributed by atoms with Crippen LogP contribution in [-0.2, 0) is 0 Å². The second kappa shape index (κ2) is 6.42. The summed E-state index contributed by atoms with van der Waals surface area (Å²) in [5.41, 5.74) is 1.51. The molecule has 0 saturated carbocycles. The molecule has 0 aromatic heterocycles. The first-order valence-corrected chi connectivity index (χ1v) is 6.29. The molecule has 0 heterocycles. The number of aryl methyl sites for hydroxylation is 1. The predicted octanol–water partition coefficient (Wildman–Crippen LogP) is 3.41. The molecule has 0 bridgehead atoms. The molecule has 0 saturated heterocycles. The van der Waals surface area contributed by atoms with Crippen molar-refractivity contribution in [2.24, 2.45) is 0 Å². The molecule has 0 spiro atoms. The average Bonchev–Trinajstić information content (AvgIpc) is 2.28. The molecule has 1 amide bonds. The maximum Gasteiger partial charge on any atom is 0.255 e. The van der Waals surface area contributed by atoms with Crippen molar-refractivity contribution in [2.75, 3.05) is 6.54 Å². The number of carbonyl (C=O) groups excluding carboxylic acids is 1. The summed E-state index contributed by atoms with van der Waals surface area (Å²) in [7, 11) is 0. The van der Waals surface area contributed by atoms with Crippen LogP contribution in [0.2, 0.25) is 5.02 Å². The summed E-state index contributed by atoms with van der Waals surface area (Å²) in [6, 6.07) is 7.48. The fourth-order valence-electron chi connectivity index (χ4n) is 1.71. The Hall–Kier alpha value is -1.53. The van der Waals surface area contributed by atoms with Gasteiger partial charge in [0.05, 0.1) is 23.1 Å². The number of hydrogen-bond acceptors (Lipinski definition) is 2. The van der Waals surface area contributed by atoms with Crippen LogP contribution >= 0.6 is 11.6 Å². The Morgan fingerprint density at radius 3 is 2.67 bits per heavy atom. The highest BCUT2D eigenvalue weighted by Crippen LogP contribution is 2.20. The lowest BCUT2D eigenvalue weighted by Crippen LogP contribution is -2.37. The SMILES string of the molecule is Cc1ccc(C(=O)N(CCC#N)C(C)C)c(Cl)c1. The van der Waals surface area contributed by atoms with E-state index >= 15 is 0 Å². The van der Waals surface area contributed by atoms with Gasteiger partial charge in [-0.05, 0) is 38.5 Å². The molecule has 0 N–H and O–H groups in total. The largest absolute Gasteiger partial charge is 0.335 e. The number of carbonyl (C=O) groups is 1. The van der Waals surface area contributed by atoms with Crippen LogP contribution in [0.4, 0.5) is 0 Å². The number of rotatable bonds is 4. The molecule has 4 heteroatoms. The third-order valence-electron chi connectivity index (χ3n) is 2.70. The Balaban J connectivity index is 2.99. The van der Waals surface area contributed by atoms with Crippen LogP contribution in [-0.4, -0.2) is 23.4 Å². The Labute approximate surface area is 113 Å². The Morgan fingerprint density at radius 2 is 2.17 bits per heavy atom. The van der Waals surface area contributed by atoms with Gasteiger partial charge in [0.15, 0.2) is 0 Å². The molecule has 18 heavy (non-hydrogen) atoms. The molecule has 0 atom stereocenters. The number of hydrogen-bond donors (Lipinski definition) is 0. The van der Waals surface area contributed by atoms with Gasteiger partial charge in [-0.25, -0.2) is 0 Å². The fraction of sp³-hybridized carbons (Fsp3) is 0.429. The van der Waals surface area contributed by atoms with Gasteiger partial charge < -0.3 is 4.90 Å². The summed E-state index contributed by atoms with van der Waals surface area (Å²) >= 11 is 6.09. The van der Waals surface area contributed by atoms with Gasteiger partial charge in [0, 0.05) is 12.6 Å². The number of nitrogens with zero attached hydrogens (tertiary/aromatic N) is 2. The van der Waals surface area contributed by atoms with Gasteiger partial charge in [-0.15, -0.1) is 0 Å².